The summed E-state index contributed by atoms with van der Waals surface area (Å²) in [4.78, 5) is 15.5. The van der Waals surface area contributed by atoms with E-state index in [9.17, 15) is 9.18 Å². The number of carbonyl (C=O) groups excluding carboxylic acids is 1. The molecule has 6 heteroatoms. The van der Waals surface area contributed by atoms with Gasteiger partial charge in [-0.25, -0.2) is 0 Å². The maximum atomic E-state index is 11.9. The monoisotopic (exact) mass is 255 g/mol. The molecule has 0 aromatic carbocycles. The molecule has 0 saturated heterocycles. The van der Waals surface area contributed by atoms with E-state index >= 15 is 0 Å². The topological polar surface area (TPSA) is 63.2 Å². The zero-order chi connectivity index (χ0) is 13.4. The zero-order valence-corrected chi connectivity index (χ0v) is 10.6. The van der Waals surface area contributed by atoms with Gasteiger partial charge in [-0.3, -0.25) is 14.2 Å². The molecule has 0 radical (unpaired) electrons. The smallest absolute Gasteiger partial charge is 0.269 e. The van der Waals surface area contributed by atoms with Crippen molar-refractivity contribution in [2.45, 2.75) is 13.0 Å². The van der Waals surface area contributed by atoms with Crippen molar-refractivity contribution in [1.82, 2.24) is 15.6 Å². The zero-order valence-electron chi connectivity index (χ0n) is 10.6. The predicted molar refractivity (Wildman–Crippen MR) is 66.5 cm³/mol. The summed E-state index contributed by atoms with van der Waals surface area (Å²) in [6, 6.07) is 1.59. The van der Waals surface area contributed by atoms with Crippen molar-refractivity contribution in [1.29, 1.82) is 0 Å². The number of hydrogen-bond acceptors (Lipinski definition) is 4. The van der Waals surface area contributed by atoms with Gasteiger partial charge in [-0.2, -0.15) is 0 Å². The summed E-state index contributed by atoms with van der Waals surface area (Å²) in [5.74, 6) is 0.335. The van der Waals surface area contributed by atoms with Crippen molar-refractivity contribution in [3.63, 3.8) is 0 Å². The third-order valence-corrected chi connectivity index (χ3v) is 2.43. The molecule has 0 unspecified atom stereocenters. The molecule has 1 aromatic rings. The van der Waals surface area contributed by atoms with Gasteiger partial charge in [-0.05, 0) is 13.0 Å². The molecule has 0 aliphatic rings. The molecule has 2 N–H and O–H groups in total. The van der Waals surface area contributed by atoms with Crippen LogP contribution >= 0.6 is 0 Å². The lowest BCUT2D eigenvalue weighted by Gasteiger charge is -2.10. The Morgan fingerprint density at radius 1 is 1.56 bits per heavy atom. The van der Waals surface area contributed by atoms with E-state index in [0.29, 0.717) is 31.0 Å². The first-order valence-corrected chi connectivity index (χ1v) is 5.74. The summed E-state index contributed by atoms with van der Waals surface area (Å²) in [7, 11) is 3.08. The lowest BCUT2D eigenvalue weighted by molar-refractivity contribution is 0.0957. The molecule has 18 heavy (non-hydrogen) atoms. The first-order chi connectivity index (χ1) is 8.72. The molecule has 1 amide bonds. The van der Waals surface area contributed by atoms with Gasteiger partial charge >= 0.3 is 0 Å². The third kappa shape index (κ3) is 3.96. The van der Waals surface area contributed by atoms with Crippen LogP contribution in [-0.2, 0) is 6.54 Å². The van der Waals surface area contributed by atoms with Gasteiger partial charge < -0.3 is 15.4 Å². The minimum absolute atomic E-state index is 0.259. The van der Waals surface area contributed by atoms with Crippen molar-refractivity contribution >= 4 is 5.91 Å². The lowest BCUT2D eigenvalue weighted by Crippen LogP contribution is -2.20. The fraction of sp³-hybridized carbons (Fsp3) is 0.500. The summed E-state index contributed by atoms with van der Waals surface area (Å²) in [6.45, 7) is 0.791. The highest BCUT2D eigenvalue weighted by Crippen LogP contribution is 2.18. The number of ether oxygens (including phenoxy) is 1. The van der Waals surface area contributed by atoms with Gasteiger partial charge in [0, 0.05) is 31.4 Å². The van der Waals surface area contributed by atoms with Crippen LogP contribution in [0.15, 0.2) is 12.3 Å². The van der Waals surface area contributed by atoms with Gasteiger partial charge in [0.2, 0.25) is 0 Å². The summed E-state index contributed by atoms with van der Waals surface area (Å²) in [6.07, 6.45) is 2.07. The number of pyridine rings is 1. The summed E-state index contributed by atoms with van der Waals surface area (Å²) >= 11 is 0. The van der Waals surface area contributed by atoms with Gasteiger partial charge in [0.15, 0.2) is 0 Å². The molecule has 0 aliphatic carbocycles. The number of halogens is 1. The van der Waals surface area contributed by atoms with E-state index in [1.807, 2.05) is 0 Å². The van der Waals surface area contributed by atoms with Crippen LogP contribution in [0.2, 0.25) is 0 Å². The second-order valence-electron chi connectivity index (χ2n) is 3.68. The van der Waals surface area contributed by atoms with Crippen LogP contribution in [0.3, 0.4) is 0 Å². The fourth-order valence-corrected chi connectivity index (χ4v) is 1.46. The standard InChI is InChI=1S/C12H18FN3O2/c1-14-12(17)10-6-11(18-2)9(8-16-10)7-15-5-3-4-13/h6,8,15H,3-5,7H2,1-2H3,(H,14,17). The van der Waals surface area contributed by atoms with Crippen LogP contribution in [-0.4, -0.2) is 38.3 Å². The summed E-state index contributed by atoms with van der Waals surface area (Å²) in [5.41, 5.74) is 1.14. The number of hydrogen-bond donors (Lipinski definition) is 2. The molecule has 0 fully saturated rings. The molecule has 0 bridgehead atoms. The summed E-state index contributed by atoms with van der Waals surface area (Å²) in [5, 5.41) is 5.58. The van der Waals surface area contributed by atoms with Crippen molar-refractivity contribution in [2.75, 3.05) is 27.4 Å². The Kier molecular flexibility index (Phi) is 6.07. The second-order valence-corrected chi connectivity index (χ2v) is 3.68. The highest BCUT2D eigenvalue weighted by atomic mass is 19.1. The van der Waals surface area contributed by atoms with E-state index in [2.05, 4.69) is 15.6 Å². The van der Waals surface area contributed by atoms with Crippen LogP contribution in [0.25, 0.3) is 0 Å². The maximum Gasteiger partial charge on any atom is 0.269 e. The lowest BCUT2D eigenvalue weighted by atomic mass is 10.2. The Morgan fingerprint density at radius 2 is 2.33 bits per heavy atom. The SMILES string of the molecule is CNC(=O)c1cc(OC)c(CNCCCF)cn1. The number of nitrogens with one attached hydrogen (secondary N) is 2. The Morgan fingerprint density at radius 3 is 2.94 bits per heavy atom. The number of alkyl halides is 1. The van der Waals surface area contributed by atoms with E-state index in [0.717, 1.165) is 5.56 Å². The Bertz CT molecular complexity index is 399. The minimum atomic E-state index is -0.335. The van der Waals surface area contributed by atoms with E-state index in [4.69, 9.17) is 4.74 Å². The number of aromatic nitrogens is 1. The molecule has 5 nitrogen and oxygen atoms in total. The van der Waals surface area contributed by atoms with E-state index in [1.54, 1.807) is 19.3 Å². The molecule has 0 aliphatic heterocycles. The van der Waals surface area contributed by atoms with Crippen LogP contribution in [0.1, 0.15) is 22.5 Å². The van der Waals surface area contributed by atoms with Gasteiger partial charge in [-0.15, -0.1) is 0 Å². The van der Waals surface area contributed by atoms with E-state index in [-0.39, 0.29) is 12.6 Å². The van der Waals surface area contributed by atoms with Crippen molar-refractivity contribution in [3.8, 4) is 5.75 Å². The van der Waals surface area contributed by atoms with Crippen LogP contribution in [0, 0.1) is 0 Å². The molecular formula is C12H18FN3O2. The van der Waals surface area contributed by atoms with Gasteiger partial charge in [0.25, 0.3) is 5.91 Å². The fourth-order valence-electron chi connectivity index (χ4n) is 1.46. The van der Waals surface area contributed by atoms with Crippen molar-refractivity contribution in [3.05, 3.63) is 23.5 Å². The van der Waals surface area contributed by atoms with Gasteiger partial charge in [0.05, 0.1) is 13.8 Å². The van der Waals surface area contributed by atoms with Gasteiger partial charge in [0.1, 0.15) is 11.4 Å². The Labute approximate surface area is 106 Å². The van der Waals surface area contributed by atoms with Crippen LogP contribution in [0.5, 0.6) is 5.75 Å². The number of methoxy groups -OCH3 is 1. The summed E-state index contributed by atoms with van der Waals surface area (Å²) < 4.78 is 17.1. The molecule has 1 heterocycles. The molecule has 1 rings (SSSR count). The minimum Gasteiger partial charge on any atom is -0.496 e. The second kappa shape index (κ2) is 7.60. The van der Waals surface area contributed by atoms with Crippen LogP contribution in [0.4, 0.5) is 4.39 Å². The quantitative estimate of drug-likeness (QED) is 0.711. The van der Waals surface area contributed by atoms with Crippen molar-refractivity contribution < 1.29 is 13.9 Å². The number of rotatable bonds is 7. The molecule has 100 valence electrons. The third-order valence-electron chi connectivity index (χ3n) is 2.43. The first kappa shape index (κ1) is 14.4. The number of nitrogens with zero attached hydrogens (tertiary/aromatic N) is 1. The van der Waals surface area contributed by atoms with Gasteiger partial charge in [-0.1, -0.05) is 0 Å². The highest BCUT2D eigenvalue weighted by Gasteiger charge is 2.10. The highest BCUT2D eigenvalue weighted by molar-refractivity contribution is 5.92. The molecular weight excluding hydrogens is 237 g/mol. The normalized spacial score (nSPS) is 10.2. The largest absolute Gasteiger partial charge is 0.496 e. The predicted octanol–water partition coefficient (Wildman–Crippen LogP) is 0.899. The number of carbonyl (C=O) groups is 1. The maximum absolute atomic E-state index is 11.9. The van der Waals surface area contributed by atoms with Crippen molar-refractivity contribution in [2.24, 2.45) is 0 Å². The van der Waals surface area contributed by atoms with Crippen LogP contribution < -0.4 is 15.4 Å². The Balaban J connectivity index is 2.71. The molecule has 0 saturated carbocycles. The number of amides is 1. The Hall–Kier alpha value is -1.69. The molecule has 1 aromatic heterocycles. The molecule has 0 spiro atoms. The average Bonchev–Trinajstić information content (AvgIpc) is 2.42. The molecule has 0 atom stereocenters. The average molecular weight is 255 g/mol. The first-order valence-electron chi connectivity index (χ1n) is 5.74. The van der Waals surface area contributed by atoms with E-state index in [1.165, 1.54) is 7.11 Å². The van der Waals surface area contributed by atoms with E-state index < -0.39 is 0 Å².